The van der Waals surface area contributed by atoms with Gasteiger partial charge in [-0.25, -0.2) is 0 Å². The van der Waals surface area contributed by atoms with Crippen molar-refractivity contribution in [2.45, 2.75) is 10.6 Å². The summed E-state index contributed by atoms with van der Waals surface area (Å²) in [6, 6.07) is 14.2. The minimum atomic E-state index is -1.28. The van der Waals surface area contributed by atoms with E-state index in [1.54, 1.807) is 31.4 Å². The predicted octanol–water partition coefficient (Wildman–Crippen LogP) is 3.71. The predicted molar refractivity (Wildman–Crippen MR) is 87.9 cm³/mol. The van der Waals surface area contributed by atoms with Gasteiger partial charge in [0, 0.05) is 15.5 Å². The molecule has 0 bridgehead atoms. The maximum Gasteiger partial charge on any atom is 0.257 e. The first-order valence-corrected chi connectivity index (χ1v) is 8.46. The normalized spacial score (nSPS) is 12.1. The molecular weight excluding hydrogens is 336 g/mol. The van der Waals surface area contributed by atoms with Crippen LogP contribution in [-0.2, 0) is 16.6 Å². The monoisotopic (exact) mass is 348 g/mol. The van der Waals surface area contributed by atoms with Gasteiger partial charge in [-0.15, -0.1) is 0 Å². The average Bonchev–Trinajstić information content (AvgIpc) is 3.03. The van der Waals surface area contributed by atoms with Gasteiger partial charge in [0.05, 0.1) is 23.7 Å². The van der Waals surface area contributed by atoms with E-state index in [0.29, 0.717) is 21.6 Å². The molecule has 0 saturated carbocycles. The van der Waals surface area contributed by atoms with Crippen molar-refractivity contribution < 1.29 is 13.5 Å². The minimum Gasteiger partial charge on any atom is -0.497 e. The topological polar surface area (TPSA) is 65.2 Å². The first kappa shape index (κ1) is 15.7. The Morgan fingerprint density at radius 1 is 1.22 bits per heavy atom. The van der Waals surface area contributed by atoms with Crippen LogP contribution in [0.4, 0.5) is 0 Å². The Labute approximate surface area is 140 Å². The smallest absolute Gasteiger partial charge is 0.257 e. The van der Waals surface area contributed by atoms with Crippen LogP contribution in [0.3, 0.4) is 0 Å². The number of hydrogen-bond donors (Lipinski definition) is 0. The average molecular weight is 349 g/mol. The highest BCUT2D eigenvalue weighted by Crippen LogP contribution is 2.22. The number of methoxy groups -OCH3 is 1. The molecule has 2 aromatic carbocycles. The molecular formula is C16H13ClN2O3S. The standard InChI is InChI=1S/C16H13ClN2O3S/c1-21-13-7-5-11(6-8-13)16-18-15(19-22-16)10-23(20)14-4-2-3-12(17)9-14/h2-9H,10H2,1H3. The molecule has 0 aliphatic rings. The largest absolute Gasteiger partial charge is 0.497 e. The zero-order chi connectivity index (χ0) is 16.2. The highest BCUT2D eigenvalue weighted by Gasteiger charge is 2.13. The lowest BCUT2D eigenvalue weighted by molar-refractivity contribution is 0.414. The number of aromatic nitrogens is 2. The minimum absolute atomic E-state index is 0.167. The SMILES string of the molecule is COc1ccc(-c2nc(CS(=O)c3cccc(Cl)c3)no2)cc1. The molecule has 5 nitrogen and oxygen atoms in total. The van der Waals surface area contributed by atoms with Crippen LogP contribution in [0.25, 0.3) is 11.5 Å². The molecule has 1 unspecified atom stereocenters. The van der Waals surface area contributed by atoms with Crippen LogP contribution >= 0.6 is 11.6 Å². The van der Waals surface area contributed by atoms with Crippen LogP contribution in [0.2, 0.25) is 5.02 Å². The van der Waals surface area contributed by atoms with Gasteiger partial charge in [-0.2, -0.15) is 4.98 Å². The van der Waals surface area contributed by atoms with Crippen LogP contribution < -0.4 is 4.74 Å². The second kappa shape index (κ2) is 6.93. The molecule has 23 heavy (non-hydrogen) atoms. The van der Waals surface area contributed by atoms with Gasteiger partial charge in [0.1, 0.15) is 5.75 Å². The number of rotatable bonds is 5. The van der Waals surface area contributed by atoms with Crippen molar-refractivity contribution in [2.75, 3.05) is 7.11 Å². The van der Waals surface area contributed by atoms with Crippen LogP contribution in [0, 0.1) is 0 Å². The molecule has 1 atom stereocenters. The molecule has 3 rings (SSSR count). The third-order valence-electron chi connectivity index (χ3n) is 3.12. The van der Waals surface area contributed by atoms with Crippen LogP contribution in [0.5, 0.6) is 5.75 Å². The first-order valence-electron chi connectivity index (χ1n) is 6.76. The van der Waals surface area contributed by atoms with Gasteiger partial charge in [0.25, 0.3) is 5.89 Å². The second-order valence-corrected chi connectivity index (χ2v) is 6.58. The lowest BCUT2D eigenvalue weighted by atomic mass is 10.2. The third-order valence-corrected chi connectivity index (χ3v) is 4.66. The van der Waals surface area contributed by atoms with Crippen molar-refractivity contribution >= 4 is 22.4 Å². The van der Waals surface area contributed by atoms with Crippen molar-refractivity contribution in [1.82, 2.24) is 10.1 Å². The van der Waals surface area contributed by atoms with E-state index in [1.807, 2.05) is 24.3 Å². The van der Waals surface area contributed by atoms with Gasteiger partial charge in [-0.05, 0) is 42.5 Å². The third kappa shape index (κ3) is 3.78. The lowest BCUT2D eigenvalue weighted by Gasteiger charge is -1.99. The number of hydrogen-bond acceptors (Lipinski definition) is 5. The van der Waals surface area contributed by atoms with Gasteiger partial charge in [-0.3, -0.25) is 4.21 Å². The first-order chi connectivity index (χ1) is 11.2. The summed E-state index contributed by atoms with van der Waals surface area (Å²) in [5.41, 5.74) is 0.776. The Hall–Kier alpha value is -2.18. The zero-order valence-electron chi connectivity index (χ0n) is 12.2. The molecule has 7 heteroatoms. The summed E-state index contributed by atoms with van der Waals surface area (Å²) >= 11 is 5.91. The quantitative estimate of drug-likeness (QED) is 0.703. The summed E-state index contributed by atoms with van der Waals surface area (Å²) in [5.74, 6) is 1.68. The van der Waals surface area contributed by atoms with Crippen LogP contribution in [0.1, 0.15) is 5.82 Å². The van der Waals surface area contributed by atoms with E-state index in [1.165, 1.54) is 0 Å². The number of halogens is 1. The molecule has 0 fully saturated rings. The molecule has 1 heterocycles. The molecule has 0 amide bonds. The number of ether oxygens (including phenoxy) is 1. The molecule has 0 aliphatic heterocycles. The van der Waals surface area contributed by atoms with E-state index in [9.17, 15) is 4.21 Å². The fourth-order valence-electron chi connectivity index (χ4n) is 1.97. The van der Waals surface area contributed by atoms with Gasteiger partial charge >= 0.3 is 0 Å². The lowest BCUT2D eigenvalue weighted by Crippen LogP contribution is -1.98. The van der Waals surface area contributed by atoms with Gasteiger partial charge in [0.15, 0.2) is 5.82 Å². The van der Waals surface area contributed by atoms with Gasteiger partial charge < -0.3 is 9.26 Å². The van der Waals surface area contributed by atoms with E-state index in [2.05, 4.69) is 10.1 Å². The van der Waals surface area contributed by atoms with Crippen LogP contribution in [-0.4, -0.2) is 21.5 Å². The Morgan fingerprint density at radius 2 is 2.00 bits per heavy atom. The molecule has 0 radical (unpaired) electrons. The van der Waals surface area contributed by atoms with Crippen molar-refractivity contribution in [3.63, 3.8) is 0 Å². The van der Waals surface area contributed by atoms with E-state index < -0.39 is 10.8 Å². The zero-order valence-corrected chi connectivity index (χ0v) is 13.8. The Kier molecular flexibility index (Phi) is 4.73. The van der Waals surface area contributed by atoms with E-state index >= 15 is 0 Å². The maximum atomic E-state index is 12.3. The number of benzene rings is 2. The van der Waals surface area contributed by atoms with Crippen LogP contribution in [0.15, 0.2) is 57.9 Å². The second-order valence-electron chi connectivity index (χ2n) is 4.69. The molecule has 1 aromatic heterocycles. The Bertz CT molecular complexity index is 833. The Balaban J connectivity index is 1.75. The Morgan fingerprint density at radius 3 is 2.70 bits per heavy atom. The summed E-state index contributed by atoms with van der Waals surface area (Å²) in [7, 11) is 0.320. The highest BCUT2D eigenvalue weighted by molar-refractivity contribution is 7.84. The fourth-order valence-corrected chi connectivity index (χ4v) is 3.23. The van der Waals surface area contributed by atoms with Crippen molar-refractivity contribution in [2.24, 2.45) is 0 Å². The summed E-state index contributed by atoms with van der Waals surface area (Å²) in [6.07, 6.45) is 0. The molecule has 0 spiro atoms. The van der Waals surface area contributed by atoms with Gasteiger partial charge in [0.2, 0.25) is 0 Å². The van der Waals surface area contributed by atoms with Crippen molar-refractivity contribution in [1.29, 1.82) is 0 Å². The van der Waals surface area contributed by atoms with Crippen molar-refractivity contribution in [3.05, 3.63) is 59.4 Å². The molecule has 0 N–H and O–H groups in total. The molecule has 118 valence electrons. The van der Waals surface area contributed by atoms with Gasteiger partial charge in [-0.1, -0.05) is 22.8 Å². The molecule has 0 saturated heterocycles. The maximum absolute atomic E-state index is 12.3. The fraction of sp³-hybridized carbons (Fsp3) is 0.125. The highest BCUT2D eigenvalue weighted by atomic mass is 35.5. The summed E-state index contributed by atoms with van der Waals surface area (Å²) in [5, 5.41) is 4.42. The molecule has 0 aliphatic carbocycles. The summed E-state index contributed by atoms with van der Waals surface area (Å²) in [6.45, 7) is 0. The van der Waals surface area contributed by atoms with E-state index in [4.69, 9.17) is 20.9 Å². The van der Waals surface area contributed by atoms with Crippen molar-refractivity contribution in [3.8, 4) is 17.2 Å². The molecule has 3 aromatic rings. The van der Waals surface area contributed by atoms with E-state index in [-0.39, 0.29) is 5.75 Å². The van der Waals surface area contributed by atoms with E-state index in [0.717, 1.165) is 11.3 Å². The summed E-state index contributed by atoms with van der Waals surface area (Å²) < 4.78 is 22.6. The number of nitrogens with zero attached hydrogens (tertiary/aromatic N) is 2. The summed E-state index contributed by atoms with van der Waals surface area (Å²) in [4.78, 5) is 4.91.